The van der Waals surface area contributed by atoms with Gasteiger partial charge in [0.05, 0.1) is 13.2 Å². The molecule has 2 amide bonds. The second-order valence-corrected chi connectivity index (χ2v) is 5.56. The Hall–Kier alpha value is -1.75. The summed E-state index contributed by atoms with van der Waals surface area (Å²) < 4.78 is 10.8. The van der Waals surface area contributed by atoms with Gasteiger partial charge in [-0.15, -0.1) is 0 Å². The van der Waals surface area contributed by atoms with Crippen molar-refractivity contribution in [3.05, 3.63) is 24.3 Å². The minimum absolute atomic E-state index is 0.0436. The number of anilines is 1. The molecular weight excluding hydrogens is 280 g/mol. The molecule has 0 spiro atoms. The molecule has 1 saturated heterocycles. The first-order valence-corrected chi connectivity index (χ1v) is 8.09. The lowest BCUT2D eigenvalue weighted by Gasteiger charge is -2.25. The molecule has 1 aliphatic heterocycles. The molecule has 1 aromatic rings. The fourth-order valence-corrected chi connectivity index (χ4v) is 2.59. The van der Waals surface area contributed by atoms with Crippen LogP contribution in [0.3, 0.4) is 0 Å². The number of rotatable bonds is 7. The smallest absolute Gasteiger partial charge is 0.321 e. The molecule has 2 rings (SSSR count). The lowest BCUT2D eigenvalue weighted by molar-refractivity contribution is 0.169. The normalized spacial score (nSPS) is 17.3. The number of hydrogen-bond acceptors (Lipinski definition) is 3. The third-order valence-corrected chi connectivity index (χ3v) is 3.70. The van der Waals surface area contributed by atoms with Crippen molar-refractivity contribution in [1.29, 1.82) is 0 Å². The number of nitrogens with one attached hydrogen (secondary N) is 1. The van der Waals surface area contributed by atoms with Crippen molar-refractivity contribution in [3.63, 3.8) is 0 Å². The van der Waals surface area contributed by atoms with E-state index in [1.54, 1.807) is 0 Å². The second-order valence-electron chi connectivity index (χ2n) is 5.56. The molecule has 1 atom stereocenters. The number of amides is 2. The quantitative estimate of drug-likeness (QED) is 0.840. The SMILES string of the molecule is CCCN(CC1CCOC1)C(=O)Nc1ccc(OCC)cc1. The molecule has 0 bridgehead atoms. The van der Waals surface area contributed by atoms with Gasteiger partial charge >= 0.3 is 6.03 Å². The van der Waals surface area contributed by atoms with E-state index < -0.39 is 0 Å². The van der Waals surface area contributed by atoms with Crippen LogP contribution in [0.15, 0.2) is 24.3 Å². The van der Waals surface area contributed by atoms with Crippen LogP contribution < -0.4 is 10.1 Å². The predicted molar refractivity (Wildman–Crippen MR) is 87.4 cm³/mol. The number of hydrogen-bond donors (Lipinski definition) is 1. The van der Waals surface area contributed by atoms with Crippen molar-refractivity contribution < 1.29 is 14.3 Å². The summed E-state index contributed by atoms with van der Waals surface area (Å²) in [5, 5.41) is 2.96. The number of nitrogens with zero attached hydrogens (tertiary/aromatic N) is 1. The van der Waals surface area contributed by atoms with Gasteiger partial charge in [0.15, 0.2) is 0 Å². The van der Waals surface area contributed by atoms with Gasteiger partial charge in [-0.2, -0.15) is 0 Å². The first kappa shape index (κ1) is 16.6. The highest BCUT2D eigenvalue weighted by atomic mass is 16.5. The van der Waals surface area contributed by atoms with Crippen LogP contribution in [0.1, 0.15) is 26.7 Å². The summed E-state index contributed by atoms with van der Waals surface area (Å²) in [4.78, 5) is 14.3. The van der Waals surface area contributed by atoms with E-state index in [-0.39, 0.29) is 6.03 Å². The molecule has 1 unspecified atom stereocenters. The molecule has 122 valence electrons. The minimum atomic E-state index is -0.0436. The third kappa shape index (κ3) is 4.91. The van der Waals surface area contributed by atoms with Gasteiger partial charge in [-0.3, -0.25) is 0 Å². The molecule has 1 N–H and O–H groups in total. The van der Waals surface area contributed by atoms with E-state index >= 15 is 0 Å². The van der Waals surface area contributed by atoms with Crippen LogP contribution in [0.2, 0.25) is 0 Å². The van der Waals surface area contributed by atoms with Crippen LogP contribution in [0, 0.1) is 5.92 Å². The zero-order chi connectivity index (χ0) is 15.8. The van der Waals surface area contributed by atoms with E-state index in [0.717, 1.165) is 50.6 Å². The minimum Gasteiger partial charge on any atom is -0.494 e. The maximum Gasteiger partial charge on any atom is 0.321 e. The Morgan fingerprint density at radius 2 is 2.14 bits per heavy atom. The van der Waals surface area contributed by atoms with Crippen LogP contribution in [0.5, 0.6) is 5.75 Å². The summed E-state index contributed by atoms with van der Waals surface area (Å²) in [5.74, 6) is 1.27. The summed E-state index contributed by atoms with van der Waals surface area (Å²) >= 11 is 0. The van der Waals surface area contributed by atoms with Gasteiger partial charge in [0.1, 0.15) is 5.75 Å². The van der Waals surface area contributed by atoms with Crippen LogP contribution >= 0.6 is 0 Å². The Morgan fingerprint density at radius 3 is 2.73 bits per heavy atom. The maximum atomic E-state index is 12.4. The first-order valence-electron chi connectivity index (χ1n) is 8.09. The monoisotopic (exact) mass is 306 g/mol. The van der Waals surface area contributed by atoms with Gasteiger partial charge < -0.3 is 19.7 Å². The van der Waals surface area contributed by atoms with Crippen molar-refractivity contribution in [2.75, 3.05) is 38.2 Å². The number of ether oxygens (including phenoxy) is 2. The summed E-state index contributed by atoms with van der Waals surface area (Å²) in [7, 11) is 0. The van der Waals surface area contributed by atoms with Crippen LogP contribution in [0.25, 0.3) is 0 Å². The van der Waals surface area contributed by atoms with Crippen molar-refractivity contribution >= 4 is 11.7 Å². The number of urea groups is 1. The molecule has 1 aromatic carbocycles. The standard InChI is InChI=1S/C17H26N2O3/c1-3-10-19(12-14-9-11-21-13-14)17(20)18-15-5-7-16(8-6-15)22-4-2/h5-8,14H,3-4,9-13H2,1-2H3,(H,18,20). The molecule has 0 saturated carbocycles. The van der Waals surface area contributed by atoms with Crippen molar-refractivity contribution in [1.82, 2.24) is 4.90 Å². The highest BCUT2D eigenvalue weighted by Gasteiger charge is 2.22. The molecule has 5 nitrogen and oxygen atoms in total. The molecule has 0 aliphatic carbocycles. The van der Waals surface area contributed by atoms with E-state index in [9.17, 15) is 4.79 Å². The van der Waals surface area contributed by atoms with E-state index in [1.807, 2.05) is 36.1 Å². The van der Waals surface area contributed by atoms with Crippen LogP contribution in [-0.4, -0.2) is 43.8 Å². The second kappa shape index (κ2) is 8.63. The van der Waals surface area contributed by atoms with Crippen LogP contribution in [0.4, 0.5) is 10.5 Å². The molecule has 1 fully saturated rings. The largest absolute Gasteiger partial charge is 0.494 e. The molecule has 1 heterocycles. The van der Waals surface area contributed by atoms with Gasteiger partial charge in [-0.05, 0) is 44.0 Å². The number of carbonyl (C=O) groups is 1. The van der Waals surface area contributed by atoms with Gasteiger partial charge in [-0.1, -0.05) is 6.92 Å². The van der Waals surface area contributed by atoms with E-state index in [2.05, 4.69) is 12.2 Å². The van der Waals surface area contributed by atoms with E-state index in [1.165, 1.54) is 0 Å². The fourth-order valence-electron chi connectivity index (χ4n) is 2.59. The summed E-state index contributed by atoms with van der Waals surface area (Å²) in [6.07, 6.45) is 1.99. The van der Waals surface area contributed by atoms with Crippen molar-refractivity contribution in [2.45, 2.75) is 26.7 Å². The van der Waals surface area contributed by atoms with Crippen molar-refractivity contribution in [2.24, 2.45) is 5.92 Å². The Bertz CT molecular complexity index is 455. The zero-order valence-corrected chi connectivity index (χ0v) is 13.5. The number of carbonyl (C=O) groups excluding carboxylic acids is 1. The molecule has 22 heavy (non-hydrogen) atoms. The Balaban J connectivity index is 1.91. The number of benzene rings is 1. The Kier molecular flexibility index (Phi) is 6.52. The summed E-state index contributed by atoms with van der Waals surface area (Å²) in [6.45, 7) is 7.77. The molecular formula is C17H26N2O3. The van der Waals surface area contributed by atoms with E-state index in [4.69, 9.17) is 9.47 Å². The topological polar surface area (TPSA) is 50.8 Å². The van der Waals surface area contributed by atoms with Gasteiger partial charge in [0.25, 0.3) is 0 Å². The van der Waals surface area contributed by atoms with E-state index in [0.29, 0.717) is 12.5 Å². The average Bonchev–Trinajstić information content (AvgIpc) is 3.02. The molecule has 0 radical (unpaired) electrons. The van der Waals surface area contributed by atoms with Crippen molar-refractivity contribution in [3.8, 4) is 5.75 Å². The lowest BCUT2D eigenvalue weighted by Crippen LogP contribution is -2.39. The van der Waals surface area contributed by atoms with Gasteiger partial charge in [0.2, 0.25) is 0 Å². The lowest BCUT2D eigenvalue weighted by atomic mass is 10.1. The van der Waals surface area contributed by atoms with Gasteiger partial charge in [-0.25, -0.2) is 4.79 Å². The fraction of sp³-hybridized carbons (Fsp3) is 0.588. The molecule has 1 aliphatic rings. The maximum absolute atomic E-state index is 12.4. The Morgan fingerprint density at radius 1 is 1.36 bits per heavy atom. The van der Waals surface area contributed by atoms with Crippen LogP contribution in [-0.2, 0) is 4.74 Å². The third-order valence-electron chi connectivity index (χ3n) is 3.70. The first-order chi connectivity index (χ1) is 10.7. The average molecular weight is 306 g/mol. The molecule has 0 aromatic heterocycles. The summed E-state index contributed by atoms with van der Waals surface area (Å²) in [5.41, 5.74) is 0.789. The molecule has 5 heteroatoms. The Labute approximate surface area is 132 Å². The highest BCUT2D eigenvalue weighted by molar-refractivity contribution is 5.89. The predicted octanol–water partition coefficient (Wildman–Crippen LogP) is 3.37. The highest BCUT2D eigenvalue weighted by Crippen LogP contribution is 2.18. The van der Waals surface area contributed by atoms with Gasteiger partial charge in [0, 0.05) is 31.3 Å². The summed E-state index contributed by atoms with van der Waals surface area (Å²) in [6, 6.07) is 7.43. The zero-order valence-electron chi connectivity index (χ0n) is 13.5.